The van der Waals surface area contributed by atoms with E-state index >= 15 is 0 Å². The van der Waals surface area contributed by atoms with Crippen LogP contribution in [0.1, 0.15) is 18.1 Å². The van der Waals surface area contributed by atoms with Gasteiger partial charge in [-0.1, -0.05) is 19.1 Å². The minimum Gasteiger partial charge on any atom is -0.508 e. The van der Waals surface area contributed by atoms with Gasteiger partial charge in [0, 0.05) is 5.69 Å². The lowest BCUT2D eigenvalue weighted by atomic mass is 10.2. The van der Waals surface area contributed by atoms with Gasteiger partial charge in [0.25, 0.3) is 5.91 Å². The first-order valence-corrected chi connectivity index (χ1v) is 6.89. The molecule has 0 fully saturated rings. The first-order valence-electron chi connectivity index (χ1n) is 6.89. The number of hydrogen-bond acceptors (Lipinski definition) is 3. The fourth-order valence-electron chi connectivity index (χ4n) is 1.94. The molecule has 0 atom stereocenters. The number of aryl methyl sites for hydroxylation is 2. The second kappa shape index (κ2) is 6.79. The number of carbonyl (C=O) groups is 1. The lowest BCUT2D eigenvalue weighted by Gasteiger charge is -2.10. The Hall–Kier alpha value is -2.49. The number of nitrogens with one attached hydrogen (secondary N) is 1. The Morgan fingerprint density at radius 2 is 1.90 bits per heavy atom. The predicted molar refractivity (Wildman–Crippen MR) is 82.8 cm³/mol. The predicted octanol–water partition coefficient (Wildman–Crippen LogP) is 3.28. The number of carbonyl (C=O) groups excluding carboxylic acids is 1. The van der Waals surface area contributed by atoms with Gasteiger partial charge in [-0.05, 0) is 54.8 Å². The van der Waals surface area contributed by atoms with E-state index in [1.807, 2.05) is 31.2 Å². The molecular formula is C17H19NO3. The highest BCUT2D eigenvalue weighted by Crippen LogP contribution is 2.20. The summed E-state index contributed by atoms with van der Waals surface area (Å²) in [7, 11) is 0. The third kappa shape index (κ3) is 4.24. The van der Waals surface area contributed by atoms with Crippen molar-refractivity contribution in [1.82, 2.24) is 0 Å². The maximum absolute atomic E-state index is 11.8. The molecular weight excluding hydrogens is 266 g/mol. The molecule has 2 aromatic rings. The molecule has 4 nitrogen and oxygen atoms in total. The van der Waals surface area contributed by atoms with Crippen molar-refractivity contribution in [2.45, 2.75) is 20.3 Å². The van der Waals surface area contributed by atoms with Crippen LogP contribution >= 0.6 is 0 Å². The summed E-state index contributed by atoms with van der Waals surface area (Å²) in [6.07, 6.45) is 0.973. The van der Waals surface area contributed by atoms with Crippen LogP contribution in [0.15, 0.2) is 42.5 Å². The zero-order chi connectivity index (χ0) is 15.2. The molecule has 4 heteroatoms. The smallest absolute Gasteiger partial charge is 0.262 e. The summed E-state index contributed by atoms with van der Waals surface area (Å²) < 4.78 is 5.44. The fraction of sp³-hybridized carbons (Fsp3) is 0.235. The van der Waals surface area contributed by atoms with Gasteiger partial charge in [0.15, 0.2) is 6.61 Å². The Morgan fingerprint density at radius 1 is 1.19 bits per heavy atom. The molecule has 0 aliphatic carbocycles. The van der Waals surface area contributed by atoms with Crippen LogP contribution in [0.2, 0.25) is 0 Å². The highest BCUT2D eigenvalue weighted by Gasteiger charge is 2.06. The number of benzene rings is 2. The Balaban J connectivity index is 1.89. The SMILES string of the molecule is CCc1ccc(OCC(=O)Nc2ccc(O)cc2C)cc1. The molecule has 0 radical (unpaired) electrons. The topological polar surface area (TPSA) is 58.6 Å². The molecule has 2 rings (SSSR count). The standard InChI is InChI=1S/C17H19NO3/c1-3-13-4-7-15(8-5-13)21-11-17(20)18-16-9-6-14(19)10-12(16)2/h4-10,19H,3,11H2,1-2H3,(H,18,20). The number of ether oxygens (including phenoxy) is 1. The monoisotopic (exact) mass is 285 g/mol. The number of aromatic hydroxyl groups is 1. The Morgan fingerprint density at radius 3 is 2.52 bits per heavy atom. The number of amides is 1. The van der Waals surface area contributed by atoms with Crippen molar-refractivity contribution in [1.29, 1.82) is 0 Å². The Kier molecular flexibility index (Phi) is 4.82. The van der Waals surface area contributed by atoms with Gasteiger partial charge in [0.1, 0.15) is 11.5 Å². The van der Waals surface area contributed by atoms with Crippen LogP contribution in [-0.4, -0.2) is 17.6 Å². The van der Waals surface area contributed by atoms with Gasteiger partial charge in [0.05, 0.1) is 0 Å². The molecule has 0 heterocycles. The molecule has 0 unspecified atom stereocenters. The summed E-state index contributed by atoms with van der Waals surface area (Å²) in [4.78, 5) is 11.8. The summed E-state index contributed by atoms with van der Waals surface area (Å²) in [5, 5.41) is 12.1. The van der Waals surface area contributed by atoms with Gasteiger partial charge >= 0.3 is 0 Å². The van der Waals surface area contributed by atoms with E-state index in [-0.39, 0.29) is 18.3 Å². The van der Waals surface area contributed by atoms with Crippen LogP contribution in [0.5, 0.6) is 11.5 Å². The molecule has 1 amide bonds. The normalized spacial score (nSPS) is 10.2. The van der Waals surface area contributed by atoms with E-state index in [0.717, 1.165) is 12.0 Å². The van der Waals surface area contributed by atoms with Crippen molar-refractivity contribution in [2.24, 2.45) is 0 Å². The molecule has 0 bridgehead atoms. The highest BCUT2D eigenvalue weighted by molar-refractivity contribution is 5.92. The van der Waals surface area contributed by atoms with Crippen molar-refractivity contribution in [3.63, 3.8) is 0 Å². The summed E-state index contributed by atoms with van der Waals surface area (Å²) in [6.45, 7) is 3.86. The van der Waals surface area contributed by atoms with E-state index in [1.165, 1.54) is 11.6 Å². The maximum atomic E-state index is 11.8. The zero-order valence-corrected chi connectivity index (χ0v) is 12.2. The van der Waals surface area contributed by atoms with Crippen molar-refractivity contribution >= 4 is 11.6 Å². The zero-order valence-electron chi connectivity index (χ0n) is 12.2. The maximum Gasteiger partial charge on any atom is 0.262 e. The molecule has 2 aromatic carbocycles. The van der Waals surface area contributed by atoms with Gasteiger partial charge in [-0.2, -0.15) is 0 Å². The molecule has 0 aliphatic rings. The van der Waals surface area contributed by atoms with Crippen molar-refractivity contribution in [3.8, 4) is 11.5 Å². The van der Waals surface area contributed by atoms with E-state index in [2.05, 4.69) is 12.2 Å². The fourth-order valence-corrected chi connectivity index (χ4v) is 1.94. The van der Waals surface area contributed by atoms with Gasteiger partial charge in [0.2, 0.25) is 0 Å². The molecule has 0 spiro atoms. The van der Waals surface area contributed by atoms with Gasteiger partial charge in [-0.15, -0.1) is 0 Å². The first kappa shape index (κ1) is 14.9. The van der Waals surface area contributed by atoms with Crippen LogP contribution in [0, 0.1) is 6.92 Å². The lowest BCUT2D eigenvalue weighted by Crippen LogP contribution is -2.20. The summed E-state index contributed by atoms with van der Waals surface area (Å²) in [5.74, 6) is 0.617. The van der Waals surface area contributed by atoms with Gasteiger partial charge in [-0.3, -0.25) is 4.79 Å². The number of anilines is 1. The molecule has 0 saturated carbocycles. The van der Waals surface area contributed by atoms with E-state index in [9.17, 15) is 9.90 Å². The molecule has 0 saturated heterocycles. The summed E-state index contributed by atoms with van der Waals surface area (Å²) in [6, 6.07) is 12.5. The van der Waals surface area contributed by atoms with Crippen molar-refractivity contribution < 1.29 is 14.6 Å². The minimum atomic E-state index is -0.233. The largest absolute Gasteiger partial charge is 0.508 e. The van der Waals surface area contributed by atoms with Gasteiger partial charge < -0.3 is 15.2 Å². The minimum absolute atomic E-state index is 0.0498. The second-order valence-electron chi connectivity index (χ2n) is 4.83. The third-order valence-electron chi connectivity index (χ3n) is 3.19. The number of hydrogen-bond donors (Lipinski definition) is 2. The Labute approximate surface area is 124 Å². The highest BCUT2D eigenvalue weighted by atomic mass is 16.5. The number of phenols is 1. The molecule has 0 aliphatic heterocycles. The molecule has 0 aromatic heterocycles. The quantitative estimate of drug-likeness (QED) is 0.829. The van der Waals surface area contributed by atoms with Crippen LogP contribution in [-0.2, 0) is 11.2 Å². The van der Waals surface area contributed by atoms with Crippen LogP contribution in [0.25, 0.3) is 0 Å². The first-order chi connectivity index (χ1) is 10.1. The molecule has 21 heavy (non-hydrogen) atoms. The lowest BCUT2D eigenvalue weighted by molar-refractivity contribution is -0.118. The third-order valence-corrected chi connectivity index (χ3v) is 3.19. The average Bonchev–Trinajstić information content (AvgIpc) is 2.48. The molecule has 2 N–H and O–H groups in total. The van der Waals surface area contributed by atoms with E-state index in [1.54, 1.807) is 12.1 Å². The van der Waals surface area contributed by atoms with Crippen LogP contribution in [0.4, 0.5) is 5.69 Å². The van der Waals surface area contributed by atoms with Crippen LogP contribution < -0.4 is 10.1 Å². The number of phenolic OH excluding ortho intramolecular Hbond substituents is 1. The van der Waals surface area contributed by atoms with Crippen molar-refractivity contribution in [2.75, 3.05) is 11.9 Å². The van der Waals surface area contributed by atoms with E-state index in [4.69, 9.17) is 4.74 Å². The van der Waals surface area contributed by atoms with E-state index in [0.29, 0.717) is 11.4 Å². The van der Waals surface area contributed by atoms with E-state index < -0.39 is 0 Å². The number of rotatable bonds is 5. The summed E-state index contributed by atoms with van der Waals surface area (Å²) in [5.41, 5.74) is 2.70. The average molecular weight is 285 g/mol. The van der Waals surface area contributed by atoms with Crippen LogP contribution in [0.3, 0.4) is 0 Å². The van der Waals surface area contributed by atoms with Crippen molar-refractivity contribution in [3.05, 3.63) is 53.6 Å². The second-order valence-corrected chi connectivity index (χ2v) is 4.83. The summed E-state index contributed by atoms with van der Waals surface area (Å²) >= 11 is 0. The van der Waals surface area contributed by atoms with Gasteiger partial charge in [-0.25, -0.2) is 0 Å². The molecule has 110 valence electrons. The Bertz CT molecular complexity index is 620.